The quantitative estimate of drug-likeness (QED) is 0.451. The van der Waals surface area contributed by atoms with E-state index >= 15 is 0 Å². The normalized spacial score (nSPS) is 12.6. The van der Waals surface area contributed by atoms with Crippen molar-refractivity contribution in [1.82, 2.24) is 4.57 Å². The fraction of sp³-hybridized carbons (Fsp3) is 0.263. The Kier molecular flexibility index (Phi) is 5.67. The van der Waals surface area contributed by atoms with Crippen LogP contribution in [0.4, 0.5) is 5.69 Å². The van der Waals surface area contributed by atoms with Gasteiger partial charge >= 0.3 is 0 Å². The third kappa shape index (κ3) is 3.99. The highest BCUT2D eigenvalue weighted by atomic mass is 32.2. The summed E-state index contributed by atoms with van der Waals surface area (Å²) < 4.78 is 27.2. The molecule has 8 nitrogen and oxygen atoms in total. The first kappa shape index (κ1) is 20.9. The second-order valence-corrected chi connectivity index (χ2v) is 10.1. The highest BCUT2D eigenvalue weighted by molar-refractivity contribution is 7.92. The monoisotopic (exact) mass is 433 g/mol. The summed E-state index contributed by atoms with van der Waals surface area (Å²) in [5.74, 6) is -0.575. The van der Waals surface area contributed by atoms with Crippen molar-refractivity contribution < 1.29 is 18.1 Å². The maximum Gasteiger partial charge on any atom is 0.279 e. The van der Waals surface area contributed by atoms with Crippen molar-refractivity contribution in [2.75, 3.05) is 0 Å². The van der Waals surface area contributed by atoms with E-state index in [9.17, 15) is 23.3 Å². The molecule has 0 bridgehead atoms. The van der Waals surface area contributed by atoms with E-state index in [2.05, 4.69) is 4.99 Å². The molecule has 0 aliphatic rings. The third-order valence-electron chi connectivity index (χ3n) is 4.42. The molecule has 0 saturated carbocycles. The molecule has 0 N–H and O–H groups in total. The average Bonchev–Trinajstić information content (AvgIpc) is 3.03. The first-order chi connectivity index (χ1) is 13.6. The van der Waals surface area contributed by atoms with E-state index < -0.39 is 25.9 Å². The molecule has 1 heterocycles. The number of hydrogen-bond donors (Lipinski definition) is 0. The van der Waals surface area contributed by atoms with Crippen LogP contribution in [0.1, 0.15) is 31.1 Å². The predicted octanol–water partition coefficient (Wildman–Crippen LogP) is 3.55. The molecule has 1 amide bonds. The van der Waals surface area contributed by atoms with E-state index in [0.717, 1.165) is 4.70 Å². The number of nitrogens with zero attached hydrogens (tertiary/aromatic N) is 3. The van der Waals surface area contributed by atoms with Gasteiger partial charge in [0.15, 0.2) is 14.6 Å². The molecule has 0 fully saturated rings. The maximum absolute atomic E-state index is 12.7. The van der Waals surface area contributed by atoms with E-state index in [1.807, 2.05) is 6.92 Å². The number of rotatable bonds is 5. The molecule has 0 unspecified atom stereocenters. The molecular weight excluding hydrogens is 414 g/mol. The summed E-state index contributed by atoms with van der Waals surface area (Å²) in [5.41, 5.74) is 0.745. The summed E-state index contributed by atoms with van der Waals surface area (Å²) in [6.07, 6.45) is 0. The van der Waals surface area contributed by atoms with Crippen LogP contribution in [0.25, 0.3) is 10.2 Å². The number of sulfone groups is 1. The minimum atomic E-state index is -3.51. The Hall–Kier alpha value is -2.85. The summed E-state index contributed by atoms with van der Waals surface area (Å²) in [6, 6.07) is 10.3. The van der Waals surface area contributed by atoms with Gasteiger partial charge in [0, 0.05) is 24.2 Å². The van der Waals surface area contributed by atoms with Gasteiger partial charge in [-0.3, -0.25) is 14.9 Å². The first-order valence-electron chi connectivity index (χ1n) is 8.86. The van der Waals surface area contributed by atoms with Gasteiger partial charge in [0.05, 0.1) is 25.3 Å². The summed E-state index contributed by atoms with van der Waals surface area (Å²) >= 11 is 1.24. The highest BCUT2D eigenvalue weighted by Crippen LogP contribution is 2.23. The number of amides is 1. The molecule has 3 rings (SSSR count). The number of hydrogen-bond acceptors (Lipinski definition) is 6. The van der Waals surface area contributed by atoms with Crippen LogP contribution in [-0.4, -0.2) is 29.1 Å². The van der Waals surface area contributed by atoms with E-state index in [1.54, 1.807) is 24.5 Å². The molecule has 0 saturated heterocycles. The van der Waals surface area contributed by atoms with Gasteiger partial charge in [-0.05, 0) is 45.0 Å². The highest BCUT2D eigenvalue weighted by Gasteiger charge is 2.20. The topological polar surface area (TPSA) is 112 Å². The van der Waals surface area contributed by atoms with Crippen LogP contribution in [0.2, 0.25) is 0 Å². The van der Waals surface area contributed by atoms with Gasteiger partial charge in [0.1, 0.15) is 0 Å². The van der Waals surface area contributed by atoms with Gasteiger partial charge in [-0.25, -0.2) is 8.42 Å². The first-order valence-corrected chi connectivity index (χ1v) is 11.2. The molecule has 0 aliphatic carbocycles. The molecule has 0 spiro atoms. The zero-order valence-electron chi connectivity index (χ0n) is 16.0. The van der Waals surface area contributed by atoms with E-state index in [4.69, 9.17) is 0 Å². The second kappa shape index (κ2) is 7.88. The molecular formula is C19H19N3O5S2. The van der Waals surface area contributed by atoms with Gasteiger partial charge in [-0.15, -0.1) is 0 Å². The zero-order valence-corrected chi connectivity index (χ0v) is 17.7. The lowest BCUT2D eigenvalue weighted by atomic mass is 10.2. The van der Waals surface area contributed by atoms with E-state index in [0.29, 0.717) is 16.9 Å². The van der Waals surface area contributed by atoms with Crippen molar-refractivity contribution >= 4 is 43.0 Å². The molecule has 1 aromatic heterocycles. The minimum absolute atomic E-state index is 0.0398. The number of nitro benzene ring substituents is 1. The minimum Gasteiger partial charge on any atom is -0.316 e. The van der Waals surface area contributed by atoms with Gasteiger partial charge < -0.3 is 4.57 Å². The summed E-state index contributed by atoms with van der Waals surface area (Å²) in [6.45, 7) is 5.48. The van der Waals surface area contributed by atoms with Crippen molar-refractivity contribution in [3.63, 3.8) is 0 Å². The Morgan fingerprint density at radius 3 is 2.59 bits per heavy atom. The van der Waals surface area contributed by atoms with E-state index in [-0.39, 0.29) is 16.1 Å². The molecule has 10 heteroatoms. The van der Waals surface area contributed by atoms with Gasteiger partial charge in [0.2, 0.25) is 0 Å². The number of non-ortho nitro benzene ring substituents is 1. The van der Waals surface area contributed by atoms with Crippen molar-refractivity contribution in [2.45, 2.75) is 37.5 Å². The average molecular weight is 434 g/mol. The van der Waals surface area contributed by atoms with Crippen LogP contribution in [0.5, 0.6) is 0 Å². The van der Waals surface area contributed by atoms with E-state index in [1.165, 1.54) is 47.7 Å². The van der Waals surface area contributed by atoms with Crippen molar-refractivity contribution in [2.24, 2.45) is 4.99 Å². The number of thiazole rings is 1. The third-order valence-corrected chi connectivity index (χ3v) is 7.63. The Morgan fingerprint density at radius 1 is 1.24 bits per heavy atom. The molecule has 0 atom stereocenters. The van der Waals surface area contributed by atoms with Gasteiger partial charge in [0.25, 0.3) is 11.6 Å². The number of aryl methyl sites for hydroxylation is 1. The van der Waals surface area contributed by atoms with Gasteiger partial charge in [-0.1, -0.05) is 17.4 Å². The summed E-state index contributed by atoms with van der Waals surface area (Å²) in [7, 11) is -3.51. The molecule has 2 aromatic carbocycles. The smallest absolute Gasteiger partial charge is 0.279 e. The lowest BCUT2D eigenvalue weighted by Gasteiger charge is -2.08. The summed E-state index contributed by atoms with van der Waals surface area (Å²) in [5, 5.41) is 10.4. The van der Waals surface area contributed by atoms with Crippen LogP contribution < -0.4 is 4.80 Å². The second-order valence-electron chi connectivity index (χ2n) is 6.58. The Balaban J connectivity index is 2.10. The number of fused-ring (bicyclic) bond motifs is 1. The van der Waals surface area contributed by atoms with Crippen LogP contribution in [-0.2, 0) is 16.4 Å². The fourth-order valence-electron chi connectivity index (χ4n) is 2.79. The lowest BCUT2D eigenvalue weighted by Crippen LogP contribution is -2.17. The summed E-state index contributed by atoms with van der Waals surface area (Å²) in [4.78, 5) is 27.9. The number of carbonyl (C=O) groups excluding carboxylic acids is 1. The standard InChI is InChI=1S/C19H19N3O5S2/c1-4-21-16-11-14(22(24)25)8-9-17(16)28-19(21)20-18(23)13-6-5-7-15(10-13)29(26,27)12(2)3/h5-12H,4H2,1-3H3. The Bertz CT molecular complexity index is 1290. The largest absolute Gasteiger partial charge is 0.316 e. The molecule has 152 valence electrons. The van der Waals surface area contributed by atoms with Crippen molar-refractivity contribution in [1.29, 1.82) is 0 Å². The Morgan fingerprint density at radius 2 is 1.97 bits per heavy atom. The van der Waals surface area contributed by atoms with Gasteiger partial charge in [-0.2, -0.15) is 4.99 Å². The van der Waals surface area contributed by atoms with Crippen molar-refractivity contribution in [3.8, 4) is 0 Å². The SMILES string of the molecule is CCn1c(=NC(=O)c2cccc(S(=O)(=O)C(C)C)c2)sc2ccc([N+](=O)[O-])cc21. The van der Waals surface area contributed by atoms with Crippen LogP contribution in [0, 0.1) is 10.1 Å². The lowest BCUT2D eigenvalue weighted by molar-refractivity contribution is -0.384. The molecule has 0 radical (unpaired) electrons. The number of aromatic nitrogens is 1. The van der Waals surface area contributed by atoms with Crippen molar-refractivity contribution in [3.05, 3.63) is 62.9 Å². The Labute approximate surface area is 171 Å². The van der Waals surface area contributed by atoms with Crippen LogP contribution in [0.15, 0.2) is 52.4 Å². The molecule has 29 heavy (non-hydrogen) atoms. The fourth-order valence-corrected chi connectivity index (χ4v) is 4.97. The van der Waals surface area contributed by atoms with Crippen LogP contribution in [0.3, 0.4) is 0 Å². The number of nitro groups is 1. The number of carbonyl (C=O) groups is 1. The number of benzene rings is 2. The maximum atomic E-state index is 12.7. The zero-order chi connectivity index (χ0) is 21.3. The predicted molar refractivity (Wildman–Crippen MR) is 111 cm³/mol. The molecule has 0 aliphatic heterocycles. The van der Waals surface area contributed by atoms with Crippen LogP contribution >= 0.6 is 11.3 Å². The molecule has 3 aromatic rings.